The van der Waals surface area contributed by atoms with Crippen molar-refractivity contribution in [3.05, 3.63) is 0 Å². The molecule has 0 aliphatic rings. The molecule has 0 fully saturated rings. The summed E-state index contributed by atoms with van der Waals surface area (Å²) < 4.78 is 0. The SMILES string of the molecule is C#C[C@](O)(CC#C[Si](CC)(CC)CC)[C@H](O)CO. The lowest BCUT2D eigenvalue weighted by atomic mass is 9.95. The van der Waals surface area contributed by atoms with Gasteiger partial charge in [0.1, 0.15) is 14.2 Å². The highest BCUT2D eigenvalue weighted by molar-refractivity contribution is 6.87. The van der Waals surface area contributed by atoms with E-state index >= 15 is 0 Å². The molecule has 0 aliphatic heterocycles. The lowest BCUT2D eigenvalue weighted by Crippen LogP contribution is -2.43. The normalized spacial score (nSPS) is 16.1. The Morgan fingerprint density at radius 3 is 2.06 bits per heavy atom. The molecule has 4 heteroatoms. The van der Waals surface area contributed by atoms with Crippen molar-refractivity contribution in [2.75, 3.05) is 6.61 Å². The van der Waals surface area contributed by atoms with Gasteiger partial charge in [0.05, 0.1) is 13.0 Å². The van der Waals surface area contributed by atoms with E-state index in [-0.39, 0.29) is 6.42 Å². The second-order valence-corrected chi connectivity index (χ2v) is 9.52. The smallest absolute Gasteiger partial charge is 0.163 e. The Kier molecular flexibility index (Phi) is 7.28. The van der Waals surface area contributed by atoms with Crippen LogP contribution in [0.4, 0.5) is 0 Å². The van der Waals surface area contributed by atoms with Gasteiger partial charge in [0.25, 0.3) is 0 Å². The van der Waals surface area contributed by atoms with Crippen LogP contribution < -0.4 is 0 Å². The van der Waals surface area contributed by atoms with Crippen LogP contribution in [-0.2, 0) is 0 Å². The molecule has 0 spiro atoms. The van der Waals surface area contributed by atoms with Crippen LogP contribution in [0.3, 0.4) is 0 Å². The highest BCUT2D eigenvalue weighted by Gasteiger charge is 2.32. The first-order valence-corrected chi connectivity index (χ1v) is 9.04. The Labute approximate surface area is 111 Å². The molecule has 3 N–H and O–H groups in total. The largest absolute Gasteiger partial charge is 0.394 e. The lowest BCUT2D eigenvalue weighted by Gasteiger charge is -2.25. The van der Waals surface area contributed by atoms with Gasteiger partial charge in [-0.2, -0.15) is 0 Å². The van der Waals surface area contributed by atoms with Crippen molar-refractivity contribution in [3.63, 3.8) is 0 Å². The maximum Gasteiger partial charge on any atom is 0.163 e. The summed E-state index contributed by atoms with van der Waals surface area (Å²) in [7, 11) is -1.56. The van der Waals surface area contributed by atoms with Gasteiger partial charge >= 0.3 is 0 Å². The molecule has 0 saturated carbocycles. The van der Waals surface area contributed by atoms with Crippen molar-refractivity contribution in [1.29, 1.82) is 0 Å². The predicted octanol–water partition coefficient (Wildman–Crippen LogP) is 1.15. The average molecular weight is 268 g/mol. The molecule has 18 heavy (non-hydrogen) atoms. The molecule has 0 unspecified atom stereocenters. The van der Waals surface area contributed by atoms with Crippen molar-refractivity contribution in [2.45, 2.75) is 57.0 Å². The van der Waals surface area contributed by atoms with E-state index in [9.17, 15) is 10.2 Å². The van der Waals surface area contributed by atoms with Gasteiger partial charge in [-0.25, -0.2) is 0 Å². The minimum atomic E-state index is -1.75. The van der Waals surface area contributed by atoms with Crippen LogP contribution in [0.15, 0.2) is 0 Å². The fraction of sp³-hybridized carbons (Fsp3) is 0.714. The molecular weight excluding hydrogens is 244 g/mol. The number of aliphatic hydroxyl groups is 3. The van der Waals surface area contributed by atoms with Gasteiger partial charge in [0.2, 0.25) is 0 Å². The summed E-state index contributed by atoms with van der Waals surface area (Å²) >= 11 is 0. The highest BCUT2D eigenvalue weighted by Crippen LogP contribution is 2.20. The van der Waals surface area contributed by atoms with Crippen LogP contribution in [0.1, 0.15) is 27.2 Å². The van der Waals surface area contributed by atoms with Gasteiger partial charge in [0.15, 0.2) is 5.60 Å². The molecule has 0 amide bonds. The first-order chi connectivity index (χ1) is 8.43. The molecule has 0 saturated heterocycles. The van der Waals surface area contributed by atoms with E-state index in [1.807, 2.05) is 0 Å². The zero-order valence-corrected chi connectivity index (χ0v) is 12.5. The van der Waals surface area contributed by atoms with Crippen LogP contribution in [0, 0.1) is 23.8 Å². The van der Waals surface area contributed by atoms with Crippen LogP contribution in [0.5, 0.6) is 0 Å². The molecule has 0 aromatic heterocycles. The molecule has 0 heterocycles. The van der Waals surface area contributed by atoms with Crippen LogP contribution in [0.2, 0.25) is 18.1 Å². The minimum absolute atomic E-state index is 0.0000231. The first kappa shape index (κ1) is 17.2. The van der Waals surface area contributed by atoms with Crippen LogP contribution >= 0.6 is 0 Å². The molecule has 0 rings (SSSR count). The number of terminal acetylenes is 1. The topological polar surface area (TPSA) is 60.7 Å². The summed E-state index contributed by atoms with van der Waals surface area (Å²) in [6.45, 7) is 5.86. The van der Waals surface area contributed by atoms with E-state index in [2.05, 4.69) is 38.2 Å². The molecule has 2 atom stereocenters. The van der Waals surface area contributed by atoms with Gasteiger partial charge < -0.3 is 15.3 Å². The Bertz CT molecular complexity index is 338. The Morgan fingerprint density at radius 2 is 1.72 bits per heavy atom. The zero-order valence-electron chi connectivity index (χ0n) is 11.5. The third-order valence-corrected chi connectivity index (χ3v) is 8.48. The minimum Gasteiger partial charge on any atom is -0.394 e. The van der Waals surface area contributed by atoms with Crippen LogP contribution in [0.25, 0.3) is 0 Å². The average Bonchev–Trinajstić information content (AvgIpc) is 2.42. The van der Waals surface area contributed by atoms with E-state index < -0.39 is 26.4 Å². The Morgan fingerprint density at radius 1 is 1.22 bits per heavy atom. The zero-order chi connectivity index (χ0) is 14.2. The molecular formula is C14H24O3Si. The molecule has 0 aromatic carbocycles. The van der Waals surface area contributed by atoms with Crippen molar-refractivity contribution >= 4 is 8.07 Å². The Hall–Kier alpha value is -0.783. The predicted molar refractivity (Wildman–Crippen MR) is 76.5 cm³/mol. The van der Waals surface area contributed by atoms with Gasteiger partial charge in [-0.05, 0) is 18.1 Å². The van der Waals surface area contributed by atoms with Crippen LogP contribution in [-0.4, -0.2) is 41.7 Å². The van der Waals surface area contributed by atoms with Crippen molar-refractivity contribution < 1.29 is 15.3 Å². The van der Waals surface area contributed by atoms with Crippen molar-refractivity contribution in [3.8, 4) is 23.8 Å². The number of hydrogen-bond donors (Lipinski definition) is 3. The highest BCUT2D eigenvalue weighted by atomic mass is 28.3. The lowest BCUT2D eigenvalue weighted by molar-refractivity contribution is -0.0540. The van der Waals surface area contributed by atoms with E-state index in [0.717, 1.165) is 18.1 Å². The third-order valence-electron chi connectivity index (χ3n) is 3.72. The molecule has 3 nitrogen and oxygen atoms in total. The van der Waals surface area contributed by atoms with Gasteiger partial charge in [-0.3, -0.25) is 0 Å². The Balaban J connectivity index is 4.90. The summed E-state index contributed by atoms with van der Waals surface area (Å²) in [6, 6.07) is 3.22. The fourth-order valence-electron chi connectivity index (χ4n) is 1.80. The van der Waals surface area contributed by atoms with Gasteiger partial charge in [-0.15, -0.1) is 17.9 Å². The summed E-state index contributed by atoms with van der Waals surface area (Å²) in [4.78, 5) is 0. The molecule has 102 valence electrons. The summed E-state index contributed by atoms with van der Waals surface area (Å²) in [6.07, 6.45) is 3.85. The second-order valence-electron chi connectivity index (χ2n) is 4.59. The van der Waals surface area contributed by atoms with E-state index in [4.69, 9.17) is 11.5 Å². The standard InChI is InChI=1S/C14H24O3Si/c1-5-14(17,13(16)12-15)10-9-11-18(6-2,7-3)8-4/h1,13,15-17H,6-8,10,12H2,2-4H3/t13-,14+/m1/s1. The number of hydrogen-bond acceptors (Lipinski definition) is 3. The fourth-order valence-corrected chi connectivity index (χ4v) is 4.29. The van der Waals surface area contributed by atoms with E-state index in [1.54, 1.807) is 0 Å². The number of rotatable bonds is 6. The van der Waals surface area contributed by atoms with E-state index in [1.165, 1.54) is 0 Å². The third kappa shape index (κ3) is 4.15. The molecule has 0 bridgehead atoms. The molecule has 0 radical (unpaired) electrons. The van der Waals surface area contributed by atoms with Gasteiger partial charge in [-0.1, -0.05) is 26.7 Å². The van der Waals surface area contributed by atoms with E-state index in [0.29, 0.717) is 0 Å². The second kappa shape index (κ2) is 7.61. The number of aliphatic hydroxyl groups excluding tert-OH is 2. The van der Waals surface area contributed by atoms with Gasteiger partial charge in [0, 0.05) is 0 Å². The maximum atomic E-state index is 9.97. The monoisotopic (exact) mass is 268 g/mol. The molecule has 0 aliphatic carbocycles. The van der Waals surface area contributed by atoms with Crippen molar-refractivity contribution in [1.82, 2.24) is 0 Å². The van der Waals surface area contributed by atoms with Crippen molar-refractivity contribution in [2.24, 2.45) is 0 Å². The summed E-state index contributed by atoms with van der Waals surface area (Å²) in [5.41, 5.74) is 1.54. The summed E-state index contributed by atoms with van der Waals surface area (Å²) in [5.74, 6) is 5.06. The summed E-state index contributed by atoms with van der Waals surface area (Å²) in [5, 5.41) is 28.3. The first-order valence-electron chi connectivity index (χ1n) is 6.42. The quantitative estimate of drug-likeness (QED) is 0.500. The maximum absolute atomic E-state index is 9.97. The molecule has 0 aromatic rings.